The molecule has 126 valence electrons. The number of nitrogens with one attached hydrogen (secondary N) is 1. The number of carbonyl (C=O) groups is 1. The van der Waals surface area contributed by atoms with Gasteiger partial charge in [-0.15, -0.1) is 6.58 Å². The molecule has 2 aromatic rings. The molecule has 8 heteroatoms. The Hall–Kier alpha value is -3.37. The lowest BCUT2D eigenvalue weighted by atomic mass is 10.1. The maximum absolute atomic E-state index is 11.8. The van der Waals surface area contributed by atoms with Crippen molar-refractivity contribution in [3.8, 4) is 17.4 Å². The Morgan fingerprint density at radius 2 is 2.20 bits per heavy atom. The molecule has 0 aliphatic carbocycles. The SMILES string of the molecule is C=CCNC(=O)/C(C#N)=C/c1ccc(-c2ccc([N+](=O)[O-])cc2Cl)o1. The number of hydrogen-bond donors (Lipinski definition) is 1. The first-order valence-corrected chi connectivity index (χ1v) is 7.39. The number of amides is 1. The van der Waals surface area contributed by atoms with Gasteiger partial charge in [0.2, 0.25) is 0 Å². The number of rotatable bonds is 6. The number of halogens is 1. The van der Waals surface area contributed by atoms with E-state index in [9.17, 15) is 14.9 Å². The molecule has 25 heavy (non-hydrogen) atoms. The second-order valence-electron chi connectivity index (χ2n) is 4.79. The van der Waals surface area contributed by atoms with Crippen LogP contribution >= 0.6 is 11.6 Å². The van der Waals surface area contributed by atoms with Crippen LogP contribution in [0, 0.1) is 21.4 Å². The molecular weight excluding hydrogens is 346 g/mol. The molecule has 7 nitrogen and oxygen atoms in total. The number of nitrogens with zero attached hydrogens (tertiary/aromatic N) is 2. The second-order valence-corrected chi connectivity index (χ2v) is 5.20. The molecule has 0 spiro atoms. The van der Waals surface area contributed by atoms with Crippen LogP contribution in [0.1, 0.15) is 5.76 Å². The van der Waals surface area contributed by atoms with Crippen molar-refractivity contribution in [3.63, 3.8) is 0 Å². The van der Waals surface area contributed by atoms with E-state index in [1.165, 1.54) is 30.4 Å². The van der Waals surface area contributed by atoms with Gasteiger partial charge in [-0.25, -0.2) is 0 Å². The zero-order chi connectivity index (χ0) is 18.4. The molecule has 0 bridgehead atoms. The topological polar surface area (TPSA) is 109 Å². The molecule has 1 N–H and O–H groups in total. The van der Waals surface area contributed by atoms with Crippen molar-refractivity contribution in [1.82, 2.24) is 5.32 Å². The van der Waals surface area contributed by atoms with Gasteiger partial charge in [-0.1, -0.05) is 17.7 Å². The molecule has 0 radical (unpaired) electrons. The van der Waals surface area contributed by atoms with E-state index in [1.54, 1.807) is 18.2 Å². The Balaban J connectivity index is 2.29. The number of hydrogen-bond acceptors (Lipinski definition) is 5. The molecule has 0 saturated heterocycles. The number of nitro benzene ring substituents is 1. The summed E-state index contributed by atoms with van der Waals surface area (Å²) in [5.74, 6) is 0.0818. The van der Waals surface area contributed by atoms with Gasteiger partial charge in [0.1, 0.15) is 23.2 Å². The van der Waals surface area contributed by atoms with Crippen molar-refractivity contribution < 1.29 is 14.1 Å². The van der Waals surface area contributed by atoms with Crippen LogP contribution < -0.4 is 5.32 Å². The van der Waals surface area contributed by atoms with Crippen LogP contribution in [-0.4, -0.2) is 17.4 Å². The first-order chi connectivity index (χ1) is 12.0. The normalized spacial score (nSPS) is 10.8. The lowest BCUT2D eigenvalue weighted by molar-refractivity contribution is -0.384. The Morgan fingerprint density at radius 1 is 1.44 bits per heavy atom. The summed E-state index contributed by atoms with van der Waals surface area (Å²) in [5, 5.41) is 22.5. The van der Waals surface area contributed by atoms with E-state index < -0.39 is 10.8 Å². The Bertz CT molecular complexity index is 909. The molecule has 1 heterocycles. The van der Waals surface area contributed by atoms with Crippen LogP contribution in [0.15, 0.2) is 53.0 Å². The first-order valence-electron chi connectivity index (χ1n) is 7.01. The van der Waals surface area contributed by atoms with E-state index in [-0.39, 0.29) is 28.6 Å². The molecule has 0 saturated carbocycles. The van der Waals surface area contributed by atoms with Gasteiger partial charge in [0.05, 0.1) is 9.95 Å². The summed E-state index contributed by atoms with van der Waals surface area (Å²) in [6.45, 7) is 3.71. The summed E-state index contributed by atoms with van der Waals surface area (Å²) in [6, 6.07) is 8.94. The maximum atomic E-state index is 11.8. The van der Waals surface area contributed by atoms with Crippen molar-refractivity contribution >= 4 is 29.3 Å². The fourth-order valence-electron chi connectivity index (χ4n) is 1.94. The highest BCUT2D eigenvalue weighted by atomic mass is 35.5. The molecule has 0 aliphatic heterocycles. The molecule has 0 fully saturated rings. The summed E-state index contributed by atoms with van der Waals surface area (Å²) in [6.07, 6.45) is 2.79. The second kappa shape index (κ2) is 7.95. The molecule has 0 aliphatic rings. The maximum Gasteiger partial charge on any atom is 0.270 e. The van der Waals surface area contributed by atoms with Crippen LogP contribution in [-0.2, 0) is 4.79 Å². The number of non-ortho nitro benzene ring substituents is 1. The van der Waals surface area contributed by atoms with Gasteiger partial charge in [-0.3, -0.25) is 14.9 Å². The van der Waals surface area contributed by atoms with Crippen molar-refractivity contribution in [2.24, 2.45) is 0 Å². The van der Waals surface area contributed by atoms with E-state index in [2.05, 4.69) is 11.9 Å². The van der Waals surface area contributed by atoms with Crippen LogP contribution in [0.3, 0.4) is 0 Å². The predicted molar refractivity (Wildman–Crippen MR) is 92.6 cm³/mol. The van der Waals surface area contributed by atoms with Crippen molar-refractivity contribution in [3.05, 3.63) is 69.5 Å². The average Bonchev–Trinajstić information content (AvgIpc) is 3.05. The number of carbonyl (C=O) groups excluding carboxylic acids is 1. The summed E-state index contributed by atoms with van der Waals surface area (Å²) in [4.78, 5) is 22.0. The van der Waals surface area contributed by atoms with Gasteiger partial charge in [0, 0.05) is 30.3 Å². The zero-order valence-corrected chi connectivity index (χ0v) is 13.6. The fourth-order valence-corrected chi connectivity index (χ4v) is 2.21. The minimum absolute atomic E-state index is 0.127. The minimum Gasteiger partial charge on any atom is -0.457 e. The smallest absolute Gasteiger partial charge is 0.270 e. The lowest BCUT2D eigenvalue weighted by Crippen LogP contribution is -2.24. The third-order valence-electron chi connectivity index (χ3n) is 3.11. The Morgan fingerprint density at radius 3 is 2.80 bits per heavy atom. The van der Waals surface area contributed by atoms with Gasteiger partial charge in [-0.05, 0) is 18.2 Å². The predicted octanol–water partition coefficient (Wildman–Crippen LogP) is 3.72. The van der Waals surface area contributed by atoms with Gasteiger partial charge in [0.15, 0.2) is 0 Å². The number of furan rings is 1. The monoisotopic (exact) mass is 357 g/mol. The molecule has 0 unspecified atom stereocenters. The number of benzene rings is 1. The van der Waals surface area contributed by atoms with Crippen LogP contribution in [0.4, 0.5) is 5.69 Å². The molecule has 0 atom stereocenters. The van der Waals surface area contributed by atoms with E-state index in [4.69, 9.17) is 21.3 Å². The number of nitriles is 1. The molecule has 2 rings (SSSR count). The van der Waals surface area contributed by atoms with Crippen molar-refractivity contribution in [1.29, 1.82) is 5.26 Å². The Kier molecular flexibility index (Phi) is 5.71. The summed E-state index contributed by atoms with van der Waals surface area (Å²) in [7, 11) is 0. The van der Waals surface area contributed by atoms with Gasteiger partial charge in [-0.2, -0.15) is 5.26 Å². The highest BCUT2D eigenvalue weighted by molar-refractivity contribution is 6.33. The molecule has 1 aromatic heterocycles. The van der Waals surface area contributed by atoms with E-state index in [1.807, 2.05) is 0 Å². The number of nitro groups is 1. The standard InChI is InChI=1S/C17H12ClN3O4/c1-2-7-20-17(22)11(10-19)8-13-4-6-16(25-13)14-5-3-12(21(23)24)9-15(14)18/h2-6,8-9H,1,7H2,(H,20,22)/b11-8+. The van der Waals surface area contributed by atoms with Crippen LogP contribution in [0.5, 0.6) is 0 Å². The summed E-state index contributed by atoms with van der Waals surface area (Å²) < 4.78 is 5.56. The lowest BCUT2D eigenvalue weighted by Gasteiger charge is -2.01. The minimum atomic E-state index is -0.549. The van der Waals surface area contributed by atoms with Crippen LogP contribution in [0.25, 0.3) is 17.4 Å². The Labute approximate surface area is 148 Å². The largest absolute Gasteiger partial charge is 0.457 e. The molecule has 1 aromatic carbocycles. The zero-order valence-electron chi connectivity index (χ0n) is 12.9. The first kappa shape index (κ1) is 18.0. The van der Waals surface area contributed by atoms with Crippen molar-refractivity contribution in [2.45, 2.75) is 0 Å². The van der Waals surface area contributed by atoms with Gasteiger partial charge in [0.25, 0.3) is 11.6 Å². The van der Waals surface area contributed by atoms with Crippen molar-refractivity contribution in [2.75, 3.05) is 6.54 Å². The molecule has 1 amide bonds. The highest BCUT2D eigenvalue weighted by Gasteiger charge is 2.14. The third kappa shape index (κ3) is 4.34. The van der Waals surface area contributed by atoms with E-state index >= 15 is 0 Å². The highest BCUT2D eigenvalue weighted by Crippen LogP contribution is 2.32. The van der Waals surface area contributed by atoms with Crippen LogP contribution in [0.2, 0.25) is 5.02 Å². The summed E-state index contributed by atoms with van der Waals surface area (Å²) in [5.41, 5.74) is 0.199. The van der Waals surface area contributed by atoms with E-state index in [0.717, 1.165) is 0 Å². The quantitative estimate of drug-likeness (QED) is 0.278. The summed E-state index contributed by atoms with van der Waals surface area (Å²) >= 11 is 6.05. The van der Waals surface area contributed by atoms with E-state index in [0.29, 0.717) is 11.3 Å². The fraction of sp³-hybridized carbons (Fsp3) is 0.0588. The van der Waals surface area contributed by atoms with Gasteiger partial charge < -0.3 is 9.73 Å². The van der Waals surface area contributed by atoms with Gasteiger partial charge >= 0.3 is 0 Å². The third-order valence-corrected chi connectivity index (χ3v) is 3.43. The molecular formula is C17H12ClN3O4. The average molecular weight is 358 g/mol.